The lowest BCUT2D eigenvalue weighted by molar-refractivity contribution is 0.0894. The zero-order chi connectivity index (χ0) is 13.1. The van der Waals surface area contributed by atoms with E-state index < -0.39 is 0 Å². The fraction of sp³-hybridized carbons (Fsp3) is 0.500. The molecule has 19 heavy (non-hydrogen) atoms. The summed E-state index contributed by atoms with van der Waals surface area (Å²) in [6, 6.07) is 8.52. The highest BCUT2D eigenvalue weighted by atomic mass is 32.1. The molecule has 0 unspecified atom stereocenters. The third-order valence-electron chi connectivity index (χ3n) is 4.04. The van der Waals surface area contributed by atoms with Gasteiger partial charge in [-0.15, -0.1) is 11.3 Å². The van der Waals surface area contributed by atoms with Crippen molar-refractivity contribution in [2.24, 2.45) is 11.7 Å². The molecule has 2 nitrogen and oxygen atoms in total. The van der Waals surface area contributed by atoms with Gasteiger partial charge in [-0.25, -0.2) is 0 Å². The first-order valence-electron chi connectivity index (χ1n) is 7.15. The van der Waals surface area contributed by atoms with Crippen LogP contribution in [0.5, 0.6) is 0 Å². The maximum Gasteiger partial charge on any atom is 0.0734 e. The molecule has 1 aliphatic rings. The van der Waals surface area contributed by atoms with Crippen molar-refractivity contribution in [2.45, 2.75) is 38.8 Å². The number of hydrogen-bond donors (Lipinski definition) is 1. The van der Waals surface area contributed by atoms with E-state index in [9.17, 15) is 0 Å². The summed E-state index contributed by atoms with van der Waals surface area (Å²) in [5.41, 5.74) is 7.17. The standard InChI is InChI=1S/C16H21NOS/c17-9-16-14(11-18-10-12-5-1-2-6-12)13-7-3-4-8-15(13)19-16/h3-4,7-8,12H,1-2,5-6,9-11,17H2. The molecule has 1 aromatic carbocycles. The van der Waals surface area contributed by atoms with E-state index in [4.69, 9.17) is 10.5 Å². The first-order valence-corrected chi connectivity index (χ1v) is 7.97. The van der Waals surface area contributed by atoms with Gasteiger partial charge in [0.1, 0.15) is 0 Å². The maximum absolute atomic E-state index is 5.96. The number of benzene rings is 1. The molecule has 0 aliphatic heterocycles. The topological polar surface area (TPSA) is 35.2 Å². The summed E-state index contributed by atoms with van der Waals surface area (Å²) in [7, 11) is 0. The van der Waals surface area contributed by atoms with Crippen LogP contribution in [0.3, 0.4) is 0 Å². The van der Waals surface area contributed by atoms with Crippen molar-refractivity contribution in [1.82, 2.24) is 0 Å². The molecule has 1 aliphatic carbocycles. The molecule has 1 aromatic heterocycles. The van der Waals surface area contributed by atoms with Gasteiger partial charge >= 0.3 is 0 Å². The third kappa shape index (κ3) is 2.83. The average molecular weight is 275 g/mol. The van der Waals surface area contributed by atoms with E-state index in [0.717, 1.165) is 12.5 Å². The van der Waals surface area contributed by atoms with E-state index in [2.05, 4.69) is 24.3 Å². The number of fused-ring (bicyclic) bond motifs is 1. The Kier molecular flexibility index (Phi) is 4.16. The van der Waals surface area contributed by atoms with Gasteiger partial charge in [-0.05, 0) is 30.2 Å². The van der Waals surface area contributed by atoms with Crippen molar-refractivity contribution in [2.75, 3.05) is 6.61 Å². The summed E-state index contributed by atoms with van der Waals surface area (Å²) in [5, 5.41) is 1.32. The van der Waals surface area contributed by atoms with E-state index in [1.165, 1.54) is 46.2 Å². The number of thiophene rings is 1. The van der Waals surface area contributed by atoms with E-state index in [-0.39, 0.29) is 0 Å². The normalized spacial score (nSPS) is 16.5. The summed E-state index contributed by atoms with van der Waals surface area (Å²) in [5.74, 6) is 0.784. The molecule has 1 saturated carbocycles. The average Bonchev–Trinajstić information content (AvgIpc) is 3.06. The minimum atomic E-state index is 0.613. The van der Waals surface area contributed by atoms with Crippen molar-refractivity contribution in [3.63, 3.8) is 0 Å². The van der Waals surface area contributed by atoms with Crippen LogP contribution in [0, 0.1) is 5.92 Å². The largest absolute Gasteiger partial charge is 0.376 e. The monoisotopic (exact) mass is 275 g/mol. The molecule has 0 saturated heterocycles. The molecule has 102 valence electrons. The Bertz CT molecular complexity index is 543. The van der Waals surface area contributed by atoms with Crippen molar-refractivity contribution < 1.29 is 4.74 Å². The van der Waals surface area contributed by atoms with Crippen LogP contribution in [0.15, 0.2) is 24.3 Å². The second-order valence-corrected chi connectivity index (χ2v) is 6.51. The van der Waals surface area contributed by atoms with E-state index >= 15 is 0 Å². The SMILES string of the molecule is NCc1sc2ccccc2c1COCC1CCCC1. The van der Waals surface area contributed by atoms with Gasteiger partial charge in [-0.2, -0.15) is 0 Å². The molecule has 0 amide bonds. The maximum atomic E-state index is 5.96. The van der Waals surface area contributed by atoms with Crippen molar-refractivity contribution in [3.8, 4) is 0 Å². The second-order valence-electron chi connectivity index (χ2n) is 5.37. The highest BCUT2D eigenvalue weighted by molar-refractivity contribution is 7.19. The predicted octanol–water partition coefficient (Wildman–Crippen LogP) is 4.07. The van der Waals surface area contributed by atoms with Crippen LogP contribution in [0.4, 0.5) is 0 Å². The van der Waals surface area contributed by atoms with Gasteiger partial charge in [0.2, 0.25) is 0 Å². The Morgan fingerprint density at radius 3 is 2.79 bits per heavy atom. The predicted molar refractivity (Wildman–Crippen MR) is 81.3 cm³/mol. The fourth-order valence-electron chi connectivity index (χ4n) is 2.98. The van der Waals surface area contributed by atoms with E-state index in [0.29, 0.717) is 13.2 Å². The Labute approximate surface area is 118 Å². The Morgan fingerprint density at radius 2 is 2.00 bits per heavy atom. The van der Waals surface area contributed by atoms with Crippen molar-refractivity contribution in [1.29, 1.82) is 0 Å². The second kappa shape index (κ2) is 6.04. The Morgan fingerprint density at radius 1 is 1.21 bits per heavy atom. The van der Waals surface area contributed by atoms with Gasteiger partial charge in [-0.1, -0.05) is 31.0 Å². The zero-order valence-corrected chi connectivity index (χ0v) is 12.0. The minimum Gasteiger partial charge on any atom is -0.376 e. The van der Waals surface area contributed by atoms with Crippen molar-refractivity contribution in [3.05, 3.63) is 34.7 Å². The van der Waals surface area contributed by atoms with Gasteiger partial charge < -0.3 is 10.5 Å². The van der Waals surface area contributed by atoms with Crippen LogP contribution in [0.2, 0.25) is 0 Å². The van der Waals surface area contributed by atoms with Gasteiger partial charge in [0.15, 0.2) is 0 Å². The Hall–Kier alpha value is -0.900. The van der Waals surface area contributed by atoms with Gasteiger partial charge in [0.25, 0.3) is 0 Å². The smallest absolute Gasteiger partial charge is 0.0734 e. The number of nitrogens with two attached hydrogens (primary N) is 1. The van der Waals surface area contributed by atoms with Crippen LogP contribution >= 0.6 is 11.3 Å². The summed E-state index contributed by atoms with van der Waals surface area (Å²) < 4.78 is 7.29. The molecule has 3 heteroatoms. The molecular formula is C16H21NOS. The minimum absolute atomic E-state index is 0.613. The zero-order valence-electron chi connectivity index (χ0n) is 11.2. The molecule has 0 bridgehead atoms. The molecule has 1 fully saturated rings. The third-order valence-corrected chi connectivity index (χ3v) is 5.28. The molecule has 0 radical (unpaired) electrons. The lowest BCUT2D eigenvalue weighted by Gasteiger charge is -2.10. The highest BCUT2D eigenvalue weighted by Crippen LogP contribution is 2.32. The summed E-state index contributed by atoms with van der Waals surface area (Å²) in [6.45, 7) is 2.24. The molecular weight excluding hydrogens is 254 g/mol. The number of rotatable bonds is 5. The molecule has 3 rings (SSSR count). The van der Waals surface area contributed by atoms with Gasteiger partial charge in [0, 0.05) is 28.3 Å². The first-order chi connectivity index (χ1) is 9.38. The lowest BCUT2D eigenvalue weighted by Crippen LogP contribution is -2.06. The highest BCUT2D eigenvalue weighted by Gasteiger charge is 2.16. The molecule has 1 heterocycles. The van der Waals surface area contributed by atoms with Crippen LogP contribution in [0.1, 0.15) is 36.1 Å². The quantitative estimate of drug-likeness (QED) is 0.893. The molecule has 2 aromatic rings. The number of hydrogen-bond acceptors (Lipinski definition) is 3. The van der Waals surface area contributed by atoms with Crippen LogP contribution in [0.25, 0.3) is 10.1 Å². The van der Waals surface area contributed by atoms with E-state index in [1.54, 1.807) is 11.3 Å². The van der Waals surface area contributed by atoms with Crippen LogP contribution < -0.4 is 5.73 Å². The molecule has 0 spiro atoms. The van der Waals surface area contributed by atoms with Gasteiger partial charge in [-0.3, -0.25) is 0 Å². The van der Waals surface area contributed by atoms with Crippen LogP contribution in [-0.2, 0) is 17.9 Å². The Balaban J connectivity index is 1.71. The molecule has 2 N–H and O–H groups in total. The van der Waals surface area contributed by atoms with Gasteiger partial charge in [0.05, 0.1) is 6.61 Å². The van der Waals surface area contributed by atoms with Crippen molar-refractivity contribution >= 4 is 21.4 Å². The fourth-order valence-corrected chi connectivity index (χ4v) is 4.07. The molecule has 0 atom stereocenters. The summed E-state index contributed by atoms with van der Waals surface area (Å²) >= 11 is 1.80. The summed E-state index contributed by atoms with van der Waals surface area (Å²) in [4.78, 5) is 1.27. The lowest BCUT2D eigenvalue weighted by atomic mass is 10.1. The number of ether oxygens (including phenoxy) is 1. The van der Waals surface area contributed by atoms with Crippen LogP contribution in [-0.4, -0.2) is 6.61 Å². The summed E-state index contributed by atoms with van der Waals surface area (Å²) in [6.07, 6.45) is 5.44. The van der Waals surface area contributed by atoms with E-state index in [1.807, 2.05) is 0 Å². The first kappa shape index (κ1) is 13.1.